The van der Waals surface area contributed by atoms with Crippen molar-refractivity contribution in [1.82, 2.24) is 9.80 Å². The number of carboxylic acids is 1. The van der Waals surface area contributed by atoms with E-state index in [1.807, 2.05) is 0 Å². The molecule has 0 spiro atoms. The summed E-state index contributed by atoms with van der Waals surface area (Å²) in [5.74, 6) is -1.52. The summed E-state index contributed by atoms with van der Waals surface area (Å²) in [7, 11) is 0. The molecule has 0 unspecified atom stereocenters. The lowest BCUT2D eigenvalue weighted by atomic mass is 10.2. The molecule has 1 heterocycles. The molecule has 1 rings (SSSR count). The molecule has 0 aliphatic carbocycles. The van der Waals surface area contributed by atoms with Gasteiger partial charge in [-0.1, -0.05) is 0 Å². The SMILES string of the molecule is CC(C)(C)OC(=O)N1CCCN(C(=O)/C=C/C(=O)O)CC1. The number of hydrogen-bond acceptors (Lipinski definition) is 4. The van der Waals surface area contributed by atoms with Crippen LogP contribution < -0.4 is 0 Å². The molecule has 1 aliphatic rings. The van der Waals surface area contributed by atoms with Gasteiger partial charge in [-0.3, -0.25) is 4.79 Å². The van der Waals surface area contributed by atoms with Gasteiger partial charge in [-0.15, -0.1) is 0 Å². The predicted octanol–water partition coefficient (Wildman–Crippen LogP) is 1.10. The van der Waals surface area contributed by atoms with Gasteiger partial charge in [0.05, 0.1) is 0 Å². The zero-order chi connectivity index (χ0) is 16.0. The molecule has 0 aromatic carbocycles. The van der Waals surface area contributed by atoms with E-state index < -0.39 is 17.7 Å². The minimum Gasteiger partial charge on any atom is -0.478 e. The van der Waals surface area contributed by atoms with Crippen LogP contribution in [-0.2, 0) is 14.3 Å². The summed E-state index contributed by atoms with van der Waals surface area (Å²) in [4.78, 5) is 37.3. The maximum Gasteiger partial charge on any atom is 0.410 e. The van der Waals surface area contributed by atoms with E-state index in [0.29, 0.717) is 32.6 Å². The van der Waals surface area contributed by atoms with Crippen LogP contribution in [0.15, 0.2) is 12.2 Å². The standard InChI is InChI=1S/C14H22N2O5/c1-14(2,3)21-13(20)16-8-4-7-15(9-10-16)11(17)5-6-12(18)19/h5-6H,4,7-10H2,1-3H3,(H,18,19)/b6-5+. The van der Waals surface area contributed by atoms with Crippen molar-refractivity contribution in [3.8, 4) is 0 Å². The lowest BCUT2D eigenvalue weighted by molar-refractivity contribution is -0.132. The van der Waals surface area contributed by atoms with Crippen molar-refractivity contribution in [2.75, 3.05) is 26.2 Å². The van der Waals surface area contributed by atoms with Crippen LogP contribution in [0.3, 0.4) is 0 Å². The third-order valence-electron chi connectivity index (χ3n) is 2.83. The smallest absolute Gasteiger partial charge is 0.410 e. The maximum atomic E-state index is 12.0. The van der Waals surface area contributed by atoms with Crippen molar-refractivity contribution < 1.29 is 24.2 Å². The lowest BCUT2D eigenvalue weighted by Gasteiger charge is -2.26. The Kier molecular flexibility index (Phi) is 5.75. The van der Waals surface area contributed by atoms with E-state index in [-0.39, 0.29) is 5.91 Å². The van der Waals surface area contributed by atoms with Gasteiger partial charge in [0.15, 0.2) is 0 Å². The molecule has 1 saturated heterocycles. The van der Waals surface area contributed by atoms with Crippen LogP contribution in [0.4, 0.5) is 4.79 Å². The molecule has 118 valence electrons. The van der Waals surface area contributed by atoms with Gasteiger partial charge >= 0.3 is 12.1 Å². The minimum absolute atomic E-state index is 0.358. The van der Waals surface area contributed by atoms with E-state index in [0.717, 1.165) is 12.2 Å². The van der Waals surface area contributed by atoms with E-state index >= 15 is 0 Å². The highest BCUT2D eigenvalue weighted by Gasteiger charge is 2.25. The zero-order valence-corrected chi connectivity index (χ0v) is 12.7. The third-order valence-corrected chi connectivity index (χ3v) is 2.83. The van der Waals surface area contributed by atoms with E-state index in [4.69, 9.17) is 9.84 Å². The molecule has 7 heteroatoms. The van der Waals surface area contributed by atoms with Gasteiger partial charge in [0.2, 0.25) is 5.91 Å². The van der Waals surface area contributed by atoms with Gasteiger partial charge in [-0.2, -0.15) is 0 Å². The number of rotatable bonds is 2. The van der Waals surface area contributed by atoms with Gasteiger partial charge in [0.25, 0.3) is 0 Å². The Morgan fingerprint density at radius 3 is 2.14 bits per heavy atom. The van der Waals surface area contributed by atoms with Crippen molar-refractivity contribution >= 4 is 18.0 Å². The number of aliphatic carboxylic acids is 1. The van der Waals surface area contributed by atoms with Crippen LogP contribution >= 0.6 is 0 Å². The number of amides is 2. The molecule has 7 nitrogen and oxygen atoms in total. The van der Waals surface area contributed by atoms with Crippen molar-refractivity contribution in [2.45, 2.75) is 32.8 Å². The summed E-state index contributed by atoms with van der Waals surface area (Å²) in [6.45, 7) is 7.15. The highest BCUT2D eigenvalue weighted by Crippen LogP contribution is 2.12. The fourth-order valence-electron chi connectivity index (χ4n) is 1.89. The Morgan fingerprint density at radius 2 is 1.57 bits per heavy atom. The van der Waals surface area contributed by atoms with Crippen molar-refractivity contribution in [2.24, 2.45) is 0 Å². The molecule has 1 fully saturated rings. The van der Waals surface area contributed by atoms with Crippen LogP contribution in [0.1, 0.15) is 27.2 Å². The molecule has 0 radical (unpaired) electrons. The summed E-state index contributed by atoms with van der Waals surface area (Å²) in [6.07, 6.45) is 2.09. The fraction of sp³-hybridized carbons (Fsp3) is 0.643. The van der Waals surface area contributed by atoms with Gasteiger partial charge in [0.1, 0.15) is 5.60 Å². The molecule has 0 bridgehead atoms. The van der Waals surface area contributed by atoms with Crippen molar-refractivity contribution in [3.05, 3.63) is 12.2 Å². The third kappa shape index (κ3) is 6.29. The van der Waals surface area contributed by atoms with Crippen LogP contribution in [0.25, 0.3) is 0 Å². The second-order valence-corrected chi connectivity index (χ2v) is 5.82. The fourth-order valence-corrected chi connectivity index (χ4v) is 1.89. The normalized spacial score (nSPS) is 16.7. The lowest BCUT2D eigenvalue weighted by Crippen LogP contribution is -2.39. The average Bonchev–Trinajstić information content (AvgIpc) is 2.59. The summed E-state index contributed by atoms with van der Waals surface area (Å²) in [6, 6.07) is 0. The molecule has 1 aliphatic heterocycles. The van der Waals surface area contributed by atoms with Crippen LogP contribution in [-0.4, -0.2) is 64.7 Å². The first kappa shape index (κ1) is 17.0. The van der Waals surface area contributed by atoms with Crippen LogP contribution in [0.2, 0.25) is 0 Å². The van der Waals surface area contributed by atoms with Gasteiger partial charge in [0, 0.05) is 38.3 Å². The molecule has 1 N–H and O–H groups in total. The quantitative estimate of drug-likeness (QED) is 0.771. The highest BCUT2D eigenvalue weighted by atomic mass is 16.6. The van der Waals surface area contributed by atoms with E-state index in [1.54, 1.807) is 25.7 Å². The largest absolute Gasteiger partial charge is 0.478 e. The predicted molar refractivity (Wildman–Crippen MR) is 75.8 cm³/mol. The number of hydrogen-bond donors (Lipinski definition) is 1. The van der Waals surface area contributed by atoms with E-state index in [9.17, 15) is 14.4 Å². The topological polar surface area (TPSA) is 87.2 Å². The second kappa shape index (κ2) is 7.10. The Balaban J connectivity index is 2.56. The Morgan fingerprint density at radius 1 is 1.00 bits per heavy atom. The monoisotopic (exact) mass is 298 g/mol. The van der Waals surface area contributed by atoms with E-state index in [2.05, 4.69) is 0 Å². The average molecular weight is 298 g/mol. The first-order valence-electron chi connectivity index (χ1n) is 6.87. The summed E-state index contributed by atoms with van der Waals surface area (Å²) in [5, 5.41) is 8.51. The summed E-state index contributed by atoms with van der Waals surface area (Å²) in [5.41, 5.74) is -0.552. The second-order valence-electron chi connectivity index (χ2n) is 5.82. The van der Waals surface area contributed by atoms with Crippen LogP contribution in [0.5, 0.6) is 0 Å². The molecule has 0 aromatic heterocycles. The van der Waals surface area contributed by atoms with Gasteiger partial charge in [-0.25, -0.2) is 9.59 Å². The van der Waals surface area contributed by atoms with Gasteiger partial charge < -0.3 is 19.6 Å². The molecular formula is C14H22N2O5. The Labute approximate surface area is 124 Å². The summed E-state index contributed by atoms with van der Waals surface area (Å²) < 4.78 is 5.30. The minimum atomic E-state index is -1.16. The molecule has 2 amide bonds. The highest BCUT2D eigenvalue weighted by molar-refractivity contribution is 5.93. The Bertz CT molecular complexity index is 439. The van der Waals surface area contributed by atoms with Crippen molar-refractivity contribution in [1.29, 1.82) is 0 Å². The van der Waals surface area contributed by atoms with Gasteiger partial charge in [-0.05, 0) is 27.2 Å². The first-order chi connectivity index (χ1) is 9.69. The Hall–Kier alpha value is -2.05. The number of ether oxygens (including phenoxy) is 1. The number of carbonyl (C=O) groups is 3. The zero-order valence-electron chi connectivity index (χ0n) is 12.7. The number of carbonyl (C=O) groups excluding carboxylic acids is 2. The number of carboxylic acid groups (broad SMARTS) is 1. The van der Waals surface area contributed by atoms with Crippen LogP contribution in [0, 0.1) is 0 Å². The van der Waals surface area contributed by atoms with Crippen molar-refractivity contribution in [3.63, 3.8) is 0 Å². The van der Waals surface area contributed by atoms with E-state index in [1.165, 1.54) is 4.90 Å². The maximum absolute atomic E-state index is 12.0. The molecule has 0 saturated carbocycles. The molecular weight excluding hydrogens is 276 g/mol. The first-order valence-corrected chi connectivity index (χ1v) is 6.87. The number of nitrogens with zero attached hydrogens (tertiary/aromatic N) is 2. The summed E-state index contributed by atoms with van der Waals surface area (Å²) >= 11 is 0. The molecule has 21 heavy (non-hydrogen) atoms. The molecule has 0 aromatic rings. The molecule has 0 atom stereocenters.